The number of hydrogen-bond acceptors (Lipinski definition) is 16. The predicted molar refractivity (Wildman–Crippen MR) is 596 cm³/mol. The Morgan fingerprint density at radius 3 is 1.05 bits per heavy atom. The number of Topliss-reactive ketones (excluding diaryl/α,β-unsaturated/α-hetero) is 2. The Morgan fingerprint density at radius 2 is 0.739 bits per heavy atom. The van der Waals surface area contributed by atoms with Crippen LogP contribution in [-0.2, 0) is 36.5 Å². The van der Waals surface area contributed by atoms with Crippen LogP contribution in [0.2, 0.25) is 0 Å². The number of nitriles is 2. The number of fused-ring (bicyclic) bond motifs is 16. The van der Waals surface area contributed by atoms with Gasteiger partial charge in [-0.2, -0.15) is 0 Å². The molecule has 0 fully saturated rings. The summed E-state index contributed by atoms with van der Waals surface area (Å²) in [6, 6.07) is 54.7. The lowest BCUT2D eigenvalue weighted by Gasteiger charge is -2.35. The van der Waals surface area contributed by atoms with Crippen molar-refractivity contribution in [3.05, 3.63) is 299 Å². The van der Waals surface area contributed by atoms with Crippen LogP contribution in [-0.4, -0.2) is 23.1 Å². The highest BCUT2D eigenvalue weighted by Gasteiger charge is 2.55. The van der Waals surface area contributed by atoms with E-state index >= 15 is 18.4 Å². The standard InChI is InChI=1S/C118H112F2N4O2S12/c1-11-19-25-29-35-71-39-47-75(48-40-71)117(76-49-41-72(42-50-76)36-30-26-20-12-2)83-61-79(59-81-93(87(65-121)123-9)99-107-89(55-57-127-107)133-111(99)103(81)125)131-105(83)113-101(117)97-95(91-63-85(119)115(135-91)129-67-69(17-7)33-23-15-5)110-98(96(109(97)137-113)92-64-86(120)116(136-92)130-68-70(18-8)34-24-16-6)102-114(138-110)106-84(62-80(132-106)60-82-94(88(66-122)124-10)100-108-90(56-58-128-108)134-112(100)104(82)126)118(102,77-51-43-73(44-52-77)37-31-27-21-13-3)78-53-45-74(46-54-78)38-32-28-22-14-4/h39-64,69-70H,11-38,67-68H2,1-8H3/b81-59-,82-60-,93-87+,94-88?. The number of thioether (sulfide) groups is 2. The van der Waals surface area contributed by atoms with E-state index in [4.69, 9.17) is 13.1 Å². The van der Waals surface area contributed by atoms with Crippen molar-refractivity contribution < 1.29 is 18.4 Å². The van der Waals surface area contributed by atoms with E-state index in [9.17, 15) is 10.5 Å². The second-order valence-corrected chi connectivity index (χ2v) is 50.4. The normalized spacial score (nSPS) is 15.6. The first-order valence-corrected chi connectivity index (χ1v) is 60.0. The number of nitrogens with zero attached hydrogens (tertiary/aromatic N) is 4. The molecule has 4 aliphatic carbocycles. The summed E-state index contributed by atoms with van der Waals surface area (Å²) in [6.45, 7) is 35.3. The van der Waals surface area contributed by atoms with E-state index in [0.717, 1.165) is 325 Å². The summed E-state index contributed by atoms with van der Waals surface area (Å²) < 4.78 is 44.7. The number of allylic oxidation sites excluding steroid dienone is 6. The third-order valence-electron chi connectivity index (χ3n) is 28.9. The van der Waals surface area contributed by atoms with E-state index in [1.807, 2.05) is 47.2 Å². The van der Waals surface area contributed by atoms with Gasteiger partial charge in [0.05, 0.1) is 83.2 Å². The van der Waals surface area contributed by atoms with Gasteiger partial charge >= 0.3 is 0 Å². The highest BCUT2D eigenvalue weighted by Crippen LogP contribution is 2.72. The third kappa shape index (κ3) is 17.7. The maximum atomic E-state index is 18.9. The molecule has 2 atom stereocenters. The van der Waals surface area contributed by atoms with Gasteiger partial charge in [-0.1, -0.05) is 268 Å². The van der Waals surface area contributed by atoms with Crippen LogP contribution < -0.4 is 0 Å². The van der Waals surface area contributed by atoms with Crippen molar-refractivity contribution in [2.45, 2.75) is 254 Å². The summed E-state index contributed by atoms with van der Waals surface area (Å²) in [7, 11) is 0. The second kappa shape index (κ2) is 43.0. The number of aryl methyl sites for hydroxylation is 4. The number of carbonyl (C=O) groups is 2. The molecule has 702 valence electrons. The molecule has 15 aromatic rings. The number of ketones is 2. The molecule has 0 amide bonds. The molecule has 6 nitrogen and oxygen atoms in total. The molecule has 0 saturated carbocycles. The summed E-state index contributed by atoms with van der Waals surface area (Å²) >= 11 is 19.1. The topological polar surface area (TPSA) is 90.4 Å². The van der Waals surface area contributed by atoms with Crippen molar-refractivity contribution in [2.24, 2.45) is 11.8 Å². The van der Waals surface area contributed by atoms with Crippen LogP contribution in [0.25, 0.3) is 112 Å². The summed E-state index contributed by atoms with van der Waals surface area (Å²) in [6.07, 6.45) is 33.8. The highest BCUT2D eigenvalue weighted by atomic mass is 32.2. The smallest absolute Gasteiger partial charge is 0.270 e. The Hall–Kier alpha value is -9.04. The molecular formula is C118H112F2N4O2S12. The van der Waals surface area contributed by atoms with Crippen molar-refractivity contribution in [3.8, 4) is 52.5 Å². The highest BCUT2D eigenvalue weighted by molar-refractivity contribution is 8.01. The second-order valence-electron chi connectivity index (χ2n) is 37.5. The minimum absolute atomic E-state index is 0.123. The zero-order chi connectivity index (χ0) is 95.6. The van der Waals surface area contributed by atoms with Gasteiger partial charge in [0.25, 0.3) is 11.4 Å². The van der Waals surface area contributed by atoms with Crippen molar-refractivity contribution in [3.63, 3.8) is 0 Å². The van der Waals surface area contributed by atoms with Gasteiger partial charge in [-0.25, -0.2) is 29.0 Å². The number of benzene rings is 5. The molecule has 0 bridgehead atoms. The maximum Gasteiger partial charge on any atom is 0.270 e. The molecule has 10 heterocycles. The molecule has 0 N–H and O–H groups in total. The lowest BCUT2D eigenvalue weighted by atomic mass is 9.66. The Labute approximate surface area is 860 Å². The molecule has 20 heteroatoms. The van der Waals surface area contributed by atoms with Crippen molar-refractivity contribution in [2.75, 3.05) is 11.5 Å². The van der Waals surface area contributed by atoms with Crippen LogP contribution in [0.1, 0.15) is 316 Å². The van der Waals surface area contributed by atoms with E-state index < -0.39 is 10.8 Å². The number of carbonyl (C=O) groups excluding carboxylic acids is 2. The molecule has 0 saturated heterocycles. The van der Waals surface area contributed by atoms with E-state index in [1.165, 1.54) is 67.6 Å². The number of unbranched alkanes of at least 4 members (excludes halogenated alkanes) is 14. The van der Waals surface area contributed by atoms with Crippen LogP contribution in [0.5, 0.6) is 0 Å². The Bertz CT molecular complexity index is 6880. The fourth-order valence-electron chi connectivity index (χ4n) is 21.6. The van der Waals surface area contributed by atoms with Gasteiger partial charge in [-0.05, 0) is 202 Å². The number of thiophene rings is 10. The minimum Gasteiger partial charge on any atom is -0.288 e. The number of hydrogen-bond donors (Lipinski definition) is 0. The molecular weight excluding hydrogens is 1930 g/mol. The van der Waals surface area contributed by atoms with Crippen molar-refractivity contribution >= 4 is 211 Å². The van der Waals surface area contributed by atoms with Crippen LogP contribution in [0, 0.1) is 59.3 Å². The van der Waals surface area contributed by atoms with E-state index in [-0.39, 0.29) is 34.6 Å². The third-order valence-corrected chi connectivity index (χ3v) is 43.4. The predicted octanol–water partition coefficient (Wildman–Crippen LogP) is 39.2. The lowest BCUT2D eigenvalue weighted by Crippen LogP contribution is -2.29. The van der Waals surface area contributed by atoms with Gasteiger partial charge in [0.15, 0.2) is 0 Å². The van der Waals surface area contributed by atoms with Crippen LogP contribution in [0.3, 0.4) is 0 Å². The first-order valence-electron chi connectivity index (χ1n) is 49.8. The lowest BCUT2D eigenvalue weighted by molar-refractivity contribution is 0.103. The largest absolute Gasteiger partial charge is 0.288 e. The molecule has 0 aliphatic heterocycles. The monoisotopic (exact) mass is 2040 g/mol. The zero-order valence-electron chi connectivity index (χ0n) is 79.6. The summed E-state index contributed by atoms with van der Waals surface area (Å²) in [4.78, 5) is 47.4. The first kappa shape index (κ1) is 97.8. The van der Waals surface area contributed by atoms with Gasteiger partial charge < -0.3 is 0 Å². The minimum atomic E-state index is -1.14. The van der Waals surface area contributed by atoms with Gasteiger partial charge in [0.2, 0.25) is 11.6 Å². The Kier molecular flexibility index (Phi) is 30.5. The molecule has 0 radical (unpaired) electrons. The van der Waals surface area contributed by atoms with Crippen molar-refractivity contribution in [1.82, 2.24) is 0 Å². The van der Waals surface area contributed by atoms with Crippen molar-refractivity contribution in [1.29, 1.82) is 10.5 Å². The number of halogens is 2. The molecule has 10 aromatic heterocycles. The SMILES string of the molecule is [C-]#[N+]C(C#N)=C1/C(=C/c2cc3c(s2)-c2sc4c(-c5cc(F)c(SCC(CC)CCCC)s5)c5c6c(sc5c(-c5cc(F)c(SCC(CC)CCCC)s5)c4c2C3(c2ccc(CCCCCC)cc2)c2ccc(CCCCCC)cc2)-c2sc(/C=C3\C(=O)c4sc5ccsc5c4\C3=C(/C#N)[N+]#[C-])cc2C6(c2ccc(CCCCCC)cc2)c2ccc(CCCCCC)cc2)C(=O)c2sc3ccsc3c21. The summed E-state index contributed by atoms with van der Waals surface area (Å²) in [5, 5.41) is 28.1. The molecule has 4 aliphatic rings. The average Bonchev–Trinajstić information content (AvgIpc) is 1.48. The summed E-state index contributed by atoms with van der Waals surface area (Å²) in [5.41, 5.74) is 15.4. The van der Waals surface area contributed by atoms with Gasteiger partial charge in [0, 0.05) is 105 Å². The molecule has 138 heavy (non-hydrogen) atoms. The Balaban J connectivity index is 0.982. The number of rotatable bonds is 42. The van der Waals surface area contributed by atoms with E-state index in [2.05, 4.69) is 186 Å². The van der Waals surface area contributed by atoms with E-state index in [0.29, 0.717) is 63.4 Å². The Morgan fingerprint density at radius 1 is 0.399 bits per heavy atom. The zero-order valence-corrected chi connectivity index (χ0v) is 89.4. The van der Waals surface area contributed by atoms with E-state index in [1.54, 1.807) is 91.5 Å². The van der Waals surface area contributed by atoms with Crippen LogP contribution in [0.4, 0.5) is 8.78 Å². The average molecular weight is 2040 g/mol. The molecule has 19 rings (SSSR count). The van der Waals surface area contributed by atoms with Gasteiger partial charge in [-0.15, -0.1) is 137 Å². The first-order chi connectivity index (χ1) is 67.6. The van der Waals surface area contributed by atoms with Gasteiger partial charge in [-0.3, -0.25) is 9.59 Å². The van der Waals surface area contributed by atoms with Gasteiger partial charge in [0.1, 0.15) is 11.6 Å². The molecule has 0 spiro atoms. The van der Waals surface area contributed by atoms with Crippen LogP contribution >= 0.6 is 137 Å². The fourth-order valence-corrected chi connectivity index (χ4v) is 36.9. The molecule has 2 unspecified atom stereocenters. The molecule has 5 aromatic carbocycles. The fraction of sp³-hybridized carbons (Fsp3) is 0.356. The maximum absolute atomic E-state index is 18.9. The summed E-state index contributed by atoms with van der Waals surface area (Å²) in [5.74, 6) is 1.35. The van der Waals surface area contributed by atoms with Crippen LogP contribution in [0.15, 0.2) is 175 Å². The quantitative estimate of drug-likeness (QED) is 0.0124.